The lowest BCUT2D eigenvalue weighted by Crippen LogP contribution is -2.83. The first-order valence-electron chi connectivity index (χ1n) is 7.28. The highest BCUT2D eigenvalue weighted by Gasteiger charge is 2.88. The number of halogens is 12. The van der Waals surface area contributed by atoms with E-state index in [0.717, 1.165) is 6.08 Å². The zero-order chi connectivity index (χ0) is 20.8. The van der Waals surface area contributed by atoms with Crippen LogP contribution in [0.25, 0.3) is 0 Å². The Kier molecular flexibility index (Phi) is 3.91. The Balaban J connectivity index is 2.23. The molecule has 1 aliphatic heterocycles. The molecule has 27 heavy (non-hydrogen) atoms. The number of alkyl halides is 12. The molecule has 2 bridgehead atoms. The maximum atomic E-state index is 13.5. The quantitative estimate of drug-likeness (QED) is 0.337. The number of rotatable bonds is 1. The molecule has 3 rings (SSSR count). The largest absolute Gasteiger partial charge is 0.440 e. The van der Waals surface area contributed by atoms with Gasteiger partial charge in [-0.15, -0.1) is 0 Å². The van der Waals surface area contributed by atoms with Crippen molar-refractivity contribution in [3.8, 4) is 0 Å². The van der Waals surface area contributed by atoms with Gasteiger partial charge in [-0.3, -0.25) is 5.01 Å². The Labute approximate surface area is 142 Å². The Hall–Kier alpha value is -1.63. The van der Waals surface area contributed by atoms with Crippen molar-refractivity contribution in [3.05, 3.63) is 12.2 Å². The molecule has 14 heteroatoms. The molecule has 1 saturated carbocycles. The molecule has 0 aromatic heterocycles. The van der Waals surface area contributed by atoms with Crippen LogP contribution in [0, 0.1) is 17.8 Å². The minimum Gasteiger partial charge on any atom is -0.268 e. The van der Waals surface area contributed by atoms with E-state index in [9.17, 15) is 52.7 Å². The molecule has 1 saturated heterocycles. The highest BCUT2D eigenvalue weighted by Crippen LogP contribution is 2.69. The summed E-state index contributed by atoms with van der Waals surface area (Å²) < 4.78 is 157. The van der Waals surface area contributed by atoms with Crippen molar-refractivity contribution in [1.82, 2.24) is 5.01 Å². The van der Waals surface area contributed by atoms with Crippen LogP contribution >= 0.6 is 0 Å². The first-order chi connectivity index (χ1) is 11.9. The van der Waals surface area contributed by atoms with Gasteiger partial charge in [0.25, 0.3) is 5.54 Å². The predicted molar refractivity (Wildman–Crippen MR) is 64.2 cm³/mol. The fourth-order valence-corrected chi connectivity index (χ4v) is 4.32. The Morgan fingerprint density at radius 2 is 1.22 bits per heavy atom. The van der Waals surface area contributed by atoms with E-state index in [0.29, 0.717) is 0 Å². The van der Waals surface area contributed by atoms with E-state index in [2.05, 4.69) is 0 Å². The van der Waals surface area contributed by atoms with Gasteiger partial charge in [0, 0.05) is 5.92 Å². The van der Waals surface area contributed by atoms with E-state index >= 15 is 0 Å². The predicted octanol–water partition coefficient (Wildman–Crippen LogP) is 4.84. The minimum atomic E-state index is -6.29. The molecule has 2 nitrogen and oxygen atoms in total. The molecule has 0 amide bonds. The minimum absolute atomic E-state index is 0.233. The lowest BCUT2D eigenvalue weighted by atomic mass is 9.63. The molecule has 0 unspecified atom stereocenters. The molecule has 2 aliphatic carbocycles. The molecule has 1 heterocycles. The standard InChI is InChI=1S/C13H8F12N2/c14-10(15,16)8(11(17,18)19)26-27-7-5-2-1-4(3-5)6(7)9(27,12(20,21)22)13(23,24)25/h1-2,4-7H,3H2/t4-,5+,6+,7-/m0/s1. The number of hydrogen-bond donors (Lipinski definition) is 0. The third-order valence-corrected chi connectivity index (χ3v) is 5.15. The van der Waals surface area contributed by atoms with E-state index in [1.165, 1.54) is 6.08 Å². The molecule has 4 atom stereocenters. The van der Waals surface area contributed by atoms with E-state index in [1.54, 1.807) is 0 Å². The van der Waals surface area contributed by atoms with E-state index < -0.39 is 64.8 Å². The highest BCUT2D eigenvalue weighted by molar-refractivity contribution is 5.94. The van der Waals surface area contributed by atoms with Crippen molar-refractivity contribution in [2.75, 3.05) is 0 Å². The molecular formula is C13H8F12N2. The SMILES string of the molecule is FC(F)(F)C(=NN1[C@@H]2[C@@H]([C@H]3C=C[C@@H]2C3)C1(C(F)(F)F)C(F)(F)F)C(F)(F)F. The molecule has 0 N–H and O–H groups in total. The van der Waals surface area contributed by atoms with E-state index in [1.807, 2.05) is 5.10 Å². The van der Waals surface area contributed by atoms with Crippen molar-refractivity contribution in [3.63, 3.8) is 0 Å². The van der Waals surface area contributed by atoms with Crippen molar-refractivity contribution >= 4 is 5.71 Å². The summed E-state index contributed by atoms with van der Waals surface area (Å²) in [4.78, 5) is 0. The van der Waals surface area contributed by atoms with Crippen LogP contribution in [0.4, 0.5) is 52.7 Å². The normalized spacial score (nSPS) is 32.4. The molecule has 0 aromatic carbocycles. The third kappa shape index (κ3) is 2.53. The highest BCUT2D eigenvalue weighted by atomic mass is 19.4. The topological polar surface area (TPSA) is 15.6 Å². The van der Waals surface area contributed by atoms with Gasteiger partial charge >= 0.3 is 24.7 Å². The number of nitrogens with zero attached hydrogens (tertiary/aromatic N) is 2. The summed E-state index contributed by atoms with van der Waals surface area (Å²) in [7, 11) is 0. The summed E-state index contributed by atoms with van der Waals surface area (Å²) in [6, 6.07) is -1.86. The first kappa shape index (κ1) is 20.1. The van der Waals surface area contributed by atoms with Crippen LogP contribution in [0.5, 0.6) is 0 Å². The van der Waals surface area contributed by atoms with Gasteiger partial charge in [0.15, 0.2) is 0 Å². The lowest BCUT2D eigenvalue weighted by molar-refractivity contribution is -0.409. The summed E-state index contributed by atoms with van der Waals surface area (Å²) in [6.45, 7) is 0. The summed E-state index contributed by atoms with van der Waals surface area (Å²) in [5.41, 5.74) is -8.59. The van der Waals surface area contributed by atoms with Crippen molar-refractivity contribution in [2.24, 2.45) is 22.9 Å². The molecule has 2 fully saturated rings. The van der Waals surface area contributed by atoms with Gasteiger partial charge in [0.05, 0.1) is 6.04 Å². The van der Waals surface area contributed by atoms with Crippen molar-refractivity contribution in [1.29, 1.82) is 0 Å². The average Bonchev–Trinajstić information content (AvgIpc) is 2.89. The van der Waals surface area contributed by atoms with Gasteiger partial charge in [-0.1, -0.05) is 12.2 Å². The Bertz CT molecular complexity index is 649. The maximum Gasteiger partial charge on any atom is 0.440 e. The van der Waals surface area contributed by atoms with Gasteiger partial charge in [-0.25, -0.2) is 0 Å². The number of hydrazone groups is 1. The van der Waals surface area contributed by atoms with Crippen LogP contribution in [0.2, 0.25) is 0 Å². The molecule has 154 valence electrons. The molecular weight excluding hydrogens is 412 g/mol. The van der Waals surface area contributed by atoms with Gasteiger partial charge < -0.3 is 0 Å². The molecule has 0 radical (unpaired) electrons. The van der Waals surface area contributed by atoms with Crippen molar-refractivity contribution < 1.29 is 52.7 Å². The third-order valence-electron chi connectivity index (χ3n) is 5.15. The second-order valence-electron chi connectivity index (χ2n) is 6.52. The van der Waals surface area contributed by atoms with Gasteiger partial charge in [0.2, 0.25) is 5.71 Å². The van der Waals surface area contributed by atoms with Gasteiger partial charge in [-0.2, -0.15) is 57.8 Å². The number of allylic oxidation sites excluding steroid dienone is 1. The van der Waals surface area contributed by atoms with Crippen LogP contribution in [0.1, 0.15) is 6.42 Å². The van der Waals surface area contributed by atoms with Gasteiger partial charge in [-0.05, 0) is 18.3 Å². The molecule has 3 aliphatic rings. The molecule has 0 spiro atoms. The fraction of sp³-hybridized carbons (Fsp3) is 0.769. The lowest BCUT2D eigenvalue weighted by Gasteiger charge is -2.62. The van der Waals surface area contributed by atoms with E-state index in [-0.39, 0.29) is 6.42 Å². The Morgan fingerprint density at radius 3 is 1.63 bits per heavy atom. The monoisotopic (exact) mass is 420 g/mol. The number of fused-ring (bicyclic) bond motifs is 5. The van der Waals surface area contributed by atoms with Crippen LogP contribution < -0.4 is 0 Å². The second kappa shape index (κ2) is 5.25. The second-order valence-corrected chi connectivity index (χ2v) is 6.52. The summed E-state index contributed by atoms with van der Waals surface area (Å²) in [5.74, 6) is -4.59. The van der Waals surface area contributed by atoms with Crippen molar-refractivity contribution in [2.45, 2.75) is 42.7 Å². The van der Waals surface area contributed by atoms with E-state index in [4.69, 9.17) is 0 Å². The van der Waals surface area contributed by atoms with Crippen LogP contribution in [0.15, 0.2) is 17.3 Å². The number of hydrogen-bond acceptors (Lipinski definition) is 2. The maximum absolute atomic E-state index is 13.5. The van der Waals surface area contributed by atoms with Crippen LogP contribution in [-0.4, -0.2) is 47.0 Å². The Morgan fingerprint density at radius 1 is 0.778 bits per heavy atom. The zero-order valence-corrected chi connectivity index (χ0v) is 12.6. The van der Waals surface area contributed by atoms with Crippen LogP contribution in [0.3, 0.4) is 0 Å². The molecule has 0 aromatic rings. The summed E-state index contributed by atoms with van der Waals surface area (Å²) in [6.07, 6.45) is -22.9. The fourth-order valence-electron chi connectivity index (χ4n) is 4.32. The van der Waals surface area contributed by atoms with Gasteiger partial charge in [0.1, 0.15) is 0 Å². The smallest absolute Gasteiger partial charge is 0.268 e. The summed E-state index contributed by atoms with van der Waals surface area (Å²) >= 11 is 0. The first-order valence-corrected chi connectivity index (χ1v) is 7.28. The average molecular weight is 420 g/mol. The van der Waals surface area contributed by atoms with Crippen LogP contribution in [-0.2, 0) is 0 Å². The summed E-state index contributed by atoms with van der Waals surface area (Å²) in [5, 5.41) is 0.831. The zero-order valence-electron chi connectivity index (χ0n) is 12.6.